The van der Waals surface area contributed by atoms with Gasteiger partial charge in [-0.1, -0.05) is 36.8 Å². The molecule has 0 aromatic rings. The van der Waals surface area contributed by atoms with Gasteiger partial charge >= 0.3 is 0 Å². The smallest absolute Gasteiger partial charge is 0.0122 e. The maximum Gasteiger partial charge on any atom is 0.0122 e. The fraction of sp³-hybridized carbons (Fsp3) is 0.455. The fourth-order valence-electron chi connectivity index (χ4n) is 0.666. The Morgan fingerprint density at radius 2 is 2.00 bits per heavy atom. The minimum atomic E-state index is 0.0362. The zero-order valence-electron chi connectivity index (χ0n) is 9.40. The van der Waals surface area contributed by atoms with Crippen molar-refractivity contribution >= 4 is 20.7 Å². The molecule has 0 saturated heterocycles. The number of rotatable bonds is 5. The lowest BCUT2D eigenvalue weighted by Crippen LogP contribution is -1.91. The third kappa shape index (κ3) is 6.22. The predicted molar refractivity (Wildman–Crippen MR) is 73.9 cm³/mol. The van der Waals surface area contributed by atoms with Crippen molar-refractivity contribution in [2.24, 2.45) is 5.73 Å². The molecule has 0 aromatic heterocycles. The van der Waals surface area contributed by atoms with Crippen LogP contribution in [0.15, 0.2) is 35.4 Å². The first-order chi connectivity index (χ1) is 6.61. The van der Waals surface area contributed by atoms with Crippen molar-refractivity contribution in [1.29, 1.82) is 0 Å². The number of nitrogens with two attached hydrogens (primary N) is 1. The topological polar surface area (TPSA) is 26.0 Å². The first kappa shape index (κ1) is 13.7. The Kier molecular flexibility index (Phi) is 7.90. The van der Waals surface area contributed by atoms with Crippen molar-refractivity contribution in [2.75, 3.05) is 6.26 Å². The zero-order chi connectivity index (χ0) is 11.0. The molecule has 0 amide bonds. The first-order valence-electron chi connectivity index (χ1n) is 4.73. The molecule has 3 heteroatoms. The number of hydrogen-bond donors (Lipinski definition) is 2. The first-order valence-corrected chi connectivity index (χ1v) is 8.01. The molecule has 0 saturated carbocycles. The van der Waals surface area contributed by atoms with E-state index in [4.69, 9.17) is 5.73 Å². The van der Waals surface area contributed by atoms with E-state index >= 15 is 0 Å². The van der Waals surface area contributed by atoms with Crippen molar-refractivity contribution in [3.63, 3.8) is 0 Å². The third-order valence-electron chi connectivity index (χ3n) is 1.74. The summed E-state index contributed by atoms with van der Waals surface area (Å²) in [5, 5.41) is 0.767. The van der Waals surface area contributed by atoms with Crippen LogP contribution < -0.4 is 5.73 Å². The molecule has 0 aliphatic heterocycles. The Morgan fingerprint density at radius 3 is 2.43 bits per heavy atom. The SMILES string of the molecule is C\C=C(/C=C\C=C/N)S[SH](C)C(C)C. The molecule has 2 N–H and O–H groups in total. The lowest BCUT2D eigenvalue weighted by Gasteiger charge is -2.19. The molecule has 0 aliphatic carbocycles. The van der Waals surface area contributed by atoms with Crippen molar-refractivity contribution in [1.82, 2.24) is 0 Å². The van der Waals surface area contributed by atoms with Gasteiger partial charge in [0, 0.05) is 4.91 Å². The van der Waals surface area contributed by atoms with E-state index in [1.807, 2.05) is 22.9 Å². The minimum absolute atomic E-state index is 0.0362. The predicted octanol–water partition coefficient (Wildman–Crippen LogP) is 3.61. The highest BCUT2D eigenvalue weighted by Gasteiger charge is 2.03. The van der Waals surface area contributed by atoms with Crippen LogP contribution in [0.5, 0.6) is 0 Å². The van der Waals surface area contributed by atoms with Crippen molar-refractivity contribution in [3.05, 3.63) is 35.4 Å². The Morgan fingerprint density at radius 1 is 1.36 bits per heavy atom. The van der Waals surface area contributed by atoms with Crippen molar-refractivity contribution in [3.8, 4) is 0 Å². The van der Waals surface area contributed by atoms with Gasteiger partial charge in [0.25, 0.3) is 0 Å². The maximum atomic E-state index is 5.25. The van der Waals surface area contributed by atoms with Gasteiger partial charge in [-0.15, -0.1) is 0 Å². The van der Waals surface area contributed by atoms with E-state index < -0.39 is 0 Å². The van der Waals surface area contributed by atoms with E-state index in [-0.39, 0.29) is 9.93 Å². The highest BCUT2D eigenvalue weighted by atomic mass is 33.1. The molecular weight excluding hydrogens is 210 g/mol. The van der Waals surface area contributed by atoms with Crippen LogP contribution in [0, 0.1) is 0 Å². The largest absolute Gasteiger partial charge is 0.405 e. The summed E-state index contributed by atoms with van der Waals surface area (Å²) < 4.78 is 0. The summed E-state index contributed by atoms with van der Waals surface area (Å²) >= 11 is 0. The number of allylic oxidation sites excluding steroid dienone is 4. The van der Waals surface area contributed by atoms with E-state index in [1.165, 1.54) is 4.91 Å². The molecule has 0 aliphatic rings. The lowest BCUT2D eigenvalue weighted by atomic mass is 10.4. The molecule has 1 nitrogen and oxygen atoms in total. The average molecular weight is 231 g/mol. The highest BCUT2D eigenvalue weighted by molar-refractivity contribution is 8.86. The summed E-state index contributed by atoms with van der Waals surface area (Å²) in [6, 6.07) is 0. The van der Waals surface area contributed by atoms with Crippen LogP contribution in [0.1, 0.15) is 20.8 Å². The van der Waals surface area contributed by atoms with Crippen molar-refractivity contribution in [2.45, 2.75) is 26.0 Å². The second-order valence-corrected chi connectivity index (χ2v) is 8.22. The van der Waals surface area contributed by atoms with Gasteiger partial charge in [0.1, 0.15) is 0 Å². The Hall–Kier alpha value is -0.280. The van der Waals surface area contributed by atoms with Crippen LogP contribution in [-0.4, -0.2) is 11.5 Å². The number of thiol groups is 1. The molecule has 0 fully saturated rings. The van der Waals surface area contributed by atoms with Gasteiger partial charge in [0.15, 0.2) is 0 Å². The highest BCUT2D eigenvalue weighted by Crippen LogP contribution is 2.46. The van der Waals surface area contributed by atoms with Crippen LogP contribution in [-0.2, 0) is 0 Å². The fourth-order valence-corrected chi connectivity index (χ4v) is 3.58. The molecule has 0 rings (SSSR count). The molecular formula is C11H21NS2. The van der Waals surface area contributed by atoms with Crippen LogP contribution in [0.2, 0.25) is 0 Å². The van der Waals surface area contributed by atoms with E-state index in [9.17, 15) is 0 Å². The molecule has 14 heavy (non-hydrogen) atoms. The van der Waals surface area contributed by atoms with E-state index in [0.29, 0.717) is 0 Å². The Labute approximate surface area is 94.3 Å². The Bertz CT molecular complexity index is 229. The summed E-state index contributed by atoms with van der Waals surface area (Å²) in [5.74, 6) is 0. The second kappa shape index (κ2) is 8.06. The van der Waals surface area contributed by atoms with Crippen molar-refractivity contribution < 1.29 is 0 Å². The van der Waals surface area contributed by atoms with Gasteiger partial charge in [-0.05, 0) is 36.8 Å². The van der Waals surface area contributed by atoms with Gasteiger partial charge in [-0.25, -0.2) is 9.93 Å². The van der Waals surface area contributed by atoms with Gasteiger partial charge in [0.05, 0.1) is 0 Å². The lowest BCUT2D eigenvalue weighted by molar-refractivity contribution is 1.12. The molecule has 0 spiro atoms. The quantitative estimate of drug-likeness (QED) is 0.429. The summed E-state index contributed by atoms with van der Waals surface area (Å²) in [4.78, 5) is 1.32. The molecule has 0 heterocycles. The van der Waals surface area contributed by atoms with Crippen LogP contribution in [0.4, 0.5) is 0 Å². The summed E-state index contributed by atoms with van der Waals surface area (Å²) in [5.41, 5.74) is 5.25. The number of hydrogen-bond acceptors (Lipinski definition) is 2. The standard InChI is InChI=1S/C11H21NS2/c1-5-11(8-6-7-9-12)13-14(4)10(2)3/h5-10,14H,12H2,1-4H3/b8-6-,9-7-,11-5+. The normalized spacial score (nSPS) is 17.2. The molecule has 0 bridgehead atoms. The monoisotopic (exact) mass is 231 g/mol. The summed E-state index contributed by atoms with van der Waals surface area (Å²) in [7, 11) is 2.00. The van der Waals surface area contributed by atoms with Crippen LogP contribution >= 0.6 is 20.7 Å². The summed E-state index contributed by atoms with van der Waals surface area (Å²) in [6.07, 6.45) is 11.9. The van der Waals surface area contributed by atoms with E-state index in [2.05, 4.69) is 39.2 Å². The second-order valence-electron chi connectivity index (χ2n) is 3.17. The Balaban J connectivity index is 4.18. The van der Waals surface area contributed by atoms with Gasteiger partial charge in [-0.2, -0.15) is 0 Å². The van der Waals surface area contributed by atoms with Gasteiger partial charge in [0.2, 0.25) is 0 Å². The maximum absolute atomic E-state index is 5.25. The van der Waals surface area contributed by atoms with Crippen LogP contribution in [0.25, 0.3) is 0 Å². The van der Waals surface area contributed by atoms with Gasteiger partial charge < -0.3 is 5.73 Å². The molecule has 0 aromatic carbocycles. The van der Waals surface area contributed by atoms with E-state index in [1.54, 1.807) is 6.20 Å². The van der Waals surface area contributed by atoms with Gasteiger partial charge in [-0.3, -0.25) is 0 Å². The third-order valence-corrected chi connectivity index (χ3v) is 6.83. The molecule has 1 unspecified atom stereocenters. The van der Waals surface area contributed by atoms with E-state index in [0.717, 1.165) is 5.25 Å². The summed E-state index contributed by atoms with van der Waals surface area (Å²) in [6.45, 7) is 6.62. The minimum Gasteiger partial charge on any atom is -0.405 e. The van der Waals surface area contributed by atoms with Crippen LogP contribution in [0.3, 0.4) is 0 Å². The zero-order valence-corrected chi connectivity index (χ0v) is 11.1. The average Bonchev–Trinajstić information content (AvgIpc) is 2.16. The molecule has 1 atom stereocenters. The molecule has 0 radical (unpaired) electrons. The molecule has 82 valence electrons.